The van der Waals surface area contributed by atoms with Crippen LogP contribution in [-0.4, -0.2) is 28.4 Å². The summed E-state index contributed by atoms with van der Waals surface area (Å²) in [5.74, 6) is 0.222. The highest BCUT2D eigenvalue weighted by Crippen LogP contribution is 2.26. The van der Waals surface area contributed by atoms with E-state index >= 15 is 0 Å². The summed E-state index contributed by atoms with van der Waals surface area (Å²) >= 11 is 3.29. The van der Waals surface area contributed by atoms with Crippen LogP contribution >= 0.6 is 22.7 Å². The summed E-state index contributed by atoms with van der Waals surface area (Å²) in [4.78, 5) is 19.0. The first-order valence-corrected chi connectivity index (χ1v) is 8.83. The minimum Gasteiger partial charge on any atom is -0.340 e. The Labute approximate surface area is 127 Å². The highest BCUT2D eigenvalue weighted by molar-refractivity contribution is 7.14. The third-order valence-corrected chi connectivity index (χ3v) is 5.40. The molecule has 0 aliphatic carbocycles. The van der Waals surface area contributed by atoms with Gasteiger partial charge in [0, 0.05) is 28.9 Å². The van der Waals surface area contributed by atoms with Gasteiger partial charge in [-0.3, -0.25) is 4.79 Å². The summed E-state index contributed by atoms with van der Waals surface area (Å²) in [6.45, 7) is 3.05. The molecular weight excluding hydrogens is 288 g/mol. The van der Waals surface area contributed by atoms with E-state index in [1.807, 2.05) is 10.3 Å². The molecule has 0 radical (unpaired) electrons. The van der Waals surface area contributed by atoms with Crippen LogP contribution in [0.15, 0.2) is 22.2 Å². The fraction of sp³-hybridized carbons (Fsp3) is 0.467. The van der Waals surface area contributed by atoms with Crippen LogP contribution in [0.2, 0.25) is 0 Å². The number of hydrogen-bond acceptors (Lipinski definition) is 4. The van der Waals surface area contributed by atoms with Crippen molar-refractivity contribution >= 4 is 28.6 Å². The Kier molecular flexibility index (Phi) is 4.17. The SMILES string of the molecule is CC1CCCCN1C(=O)Cc1csc(-c2ccsc2)n1. The number of hydrogen-bond donors (Lipinski definition) is 0. The second-order valence-corrected chi connectivity index (χ2v) is 6.90. The lowest BCUT2D eigenvalue weighted by Crippen LogP contribution is -2.42. The summed E-state index contributed by atoms with van der Waals surface area (Å²) in [5, 5.41) is 7.17. The number of nitrogens with zero attached hydrogens (tertiary/aromatic N) is 2. The van der Waals surface area contributed by atoms with Gasteiger partial charge in [-0.2, -0.15) is 11.3 Å². The van der Waals surface area contributed by atoms with Gasteiger partial charge in [0.05, 0.1) is 12.1 Å². The van der Waals surface area contributed by atoms with Gasteiger partial charge >= 0.3 is 0 Å². The second-order valence-electron chi connectivity index (χ2n) is 5.26. The predicted octanol–water partition coefficient (Wildman–Crippen LogP) is 3.82. The first-order chi connectivity index (χ1) is 9.74. The number of piperidine rings is 1. The lowest BCUT2D eigenvalue weighted by atomic mass is 10.0. The summed E-state index contributed by atoms with van der Waals surface area (Å²) in [6, 6.07) is 2.45. The van der Waals surface area contributed by atoms with Crippen LogP contribution in [0.4, 0.5) is 0 Å². The molecule has 0 aromatic carbocycles. The molecule has 2 aromatic rings. The molecule has 1 atom stereocenters. The van der Waals surface area contributed by atoms with E-state index in [1.165, 1.54) is 6.42 Å². The van der Waals surface area contributed by atoms with Crippen molar-refractivity contribution in [2.24, 2.45) is 0 Å². The highest BCUT2D eigenvalue weighted by Gasteiger charge is 2.23. The van der Waals surface area contributed by atoms with Crippen molar-refractivity contribution in [2.75, 3.05) is 6.54 Å². The molecule has 0 saturated carbocycles. The van der Waals surface area contributed by atoms with E-state index in [1.54, 1.807) is 22.7 Å². The maximum absolute atomic E-state index is 12.4. The van der Waals surface area contributed by atoms with Crippen molar-refractivity contribution in [1.29, 1.82) is 0 Å². The van der Waals surface area contributed by atoms with Gasteiger partial charge in [0.2, 0.25) is 5.91 Å². The van der Waals surface area contributed by atoms with Gasteiger partial charge in [0.25, 0.3) is 0 Å². The largest absolute Gasteiger partial charge is 0.340 e. The van der Waals surface area contributed by atoms with Crippen molar-refractivity contribution in [3.05, 3.63) is 27.9 Å². The quantitative estimate of drug-likeness (QED) is 0.864. The molecule has 1 unspecified atom stereocenters. The zero-order valence-electron chi connectivity index (χ0n) is 11.5. The fourth-order valence-electron chi connectivity index (χ4n) is 2.63. The standard InChI is InChI=1S/C15H18N2OS2/c1-11-4-2-3-6-17(11)14(18)8-13-10-20-15(16-13)12-5-7-19-9-12/h5,7,9-11H,2-4,6,8H2,1H3. The van der Waals surface area contributed by atoms with Crippen molar-refractivity contribution in [2.45, 2.75) is 38.6 Å². The molecule has 1 aliphatic heterocycles. The Morgan fingerprint density at radius 2 is 2.35 bits per heavy atom. The Morgan fingerprint density at radius 1 is 1.45 bits per heavy atom. The molecule has 3 nitrogen and oxygen atoms in total. The maximum Gasteiger partial charge on any atom is 0.228 e. The van der Waals surface area contributed by atoms with Crippen LogP contribution in [0.5, 0.6) is 0 Å². The van der Waals surface area contributed by atoms with Crippen molar-refractivity contribution in [1.82, 2.24) is 9.88 Å². The average molecular weight is 306 g/mol. The summed E-state index contributed by atoms with van der Waals surface area (Å²) in [6.07, 6.45) is 3.94. The minimum absolute atomic E-state index is 0.222. The van der Waals surface area contributed by atoms with Gasteiger partial charge < -0.3 is 4.90 Å². The molecule has 0 bridgehead atoms. The van der Waals surface area contributed by atoms with Crippen LogP contribution in [-0.2, 0) is 11.2 Å². The Balaban J connectivity index is 1.67. The monoisotopic (exact) mass is 306 g/mol. The van der Waals surface area contributed by atoms with E-state index in [2.05, 4.69) is 28.7 Å². The van der Waals surface area contributed by atoms with Crippen LogP contribution in [0.1, 0.15) is 31.9 Å². The number of thiazole rings is 1. The number of carbonyl (C=O) groups excluding carboxylic acids is 1. The minimum atomic E-state index is 0.222. The molecule has 0 spiro atoms. The molecule has 3 rings (SSSR count). The fourth-order valence-corrected chi connectivity index (χ4v) is 4.16. The third kappa shape index (κ3) is 2.94. The Bertz CT molecular complexity index is 576. The number of rotatable bonds is 3. The molecular formula is C15H18N2OS2. The van der Waals surface area contributed by atoms with E-state index < -0.39 is 0 Å². The van der Waals surface area contributed by atoms with E-state index in [0.717, 1.165) is 35.7 Å². The molecule has 1 aliphatic rings. The lowest BCUT2D eigenvalue weighted by molar-refractivity contribution is -0.133. The van der Waals surface area contributed by atoms with Gasteiger partial charge in [0.1, 0.15) is 5.01 Å². The highest BCUT2D eigenvalue weighted by atomic mass is 32.1. The van der Waals surface area contributed by atoms with Crippen molar-refractivity contribution in [3.63, 3.8) is 0 Å². The Hall–Kier alpha value is -1.20. The van der Waals surface area contributed by atoms with E-state index in [4.69, 9.17) is 0 Å². The van der Waals surface area contributed by atoms with Gasteiger partial charge in [-0.25, -0.2) is 4.98 Å². The average Bonchev–Trinajstić information content (AvgIpc) is 3.09. The van der Waals surface area contributed by atoms with Crippen molar-refractivity contribution < 1.29 is 4.79 Å². The number of likely N-dealkylation sites (tertiary alicyclic amines) is 1. The maximum atomic E-state index is 12.4. The molecule has 3 heterocycles. The molecule has 5 heteroatoms. The van der Waals surface area contributed by atoms with Gasteiger partial charge in [-0.15, -0.1) is 11.3 Å². The van der Waals surface area contributed by atoms with Crippen molar-refractivity contribution in [3.8, 4) is 10.6 Å². The van der Waals surface area contributed by atoms with E-state index in [9.17, 15) is 4.79 Å². The third-order valence-electron chi connectivity index (χ3n) is 3.78. The number of amides is 1. The smallest absolute Gasteiger partial charge is 0.228 e. The Morgan fingerprint density at radius 3 is 3.10 bits per heavy atom. The summed E-state index contributed by atoms with van der Waals surface area (Å²) in [7, 11) is 0. The van der Waals surface area contributed by atoms with Crippen LogP contribution in [0.25, 0.3) is 10.6 Å². The molecule has 20 heavy (non-hydrogen) atoms. The van der Waals surface area contributed by atoms with E-state index in [0.29, 0.717) is 12.5 Å². The van der Waals surface area contributed by atoms with Gasteiger partial charge in [-0.1, -0.05) is 0 Å². The molecule has 0 N–H and O–H groups in total. The first-order valence-electron chi connectivity index (χ1n) is 7.00. The molecule has 2 aromatic heterocycles. The van der Waals surface area contributed by atoms with E-state index in [-0.39, 0.29) is 5.91 Å². The van der Waals surface area contributed by atoms with Crippen LogP contribution in [0.3, 0.4) is 0 Å². The van der Waals surface area contributed by atoms with Gasteiger partial charge in [0.15, 0.2) is 0 Å². The molecule has 1 amide bonds. The summed E-state index contributed by atoms with van der Waals surface area (Å²) in [5.41, 5.74) is 2.06. The topological polar surface area (TPSA) is 33.2 Å². The molecule has 106 valence electrons. The summed E-state index contributed by atoms with van der Waals surface area (Å²) < 4.78 is 0. The zero-order valence-corrected chi connectivity index (χ0v) is 13.2. The molecule has 1 saturated heterocycles. The second kappa shape index (κ2) is 6.06. The zero-order chi connectivity index (χ0) is 13.9. The number of aromatic nitrogens is 1. The number of thiophene rings is 1. The van der Waals surface area contributed by atoms with Crippen LogP contribution < -0.4 is 0 Å². The lowest BCUT2D eigenvalue weighted by Gasteiger charge is -2.33. The normalized spacial score (nSPS) is 19.2. The van der Waals surface area contributed by atoms with Gasteiger partial charge in [-0.05, 0) is 37.6 Å². The molecule has 1 fully saturated rings. The first kappa shape index (κ1) is 13.8. The van der Waals surface area contributed by atoms with Crippen LogP contribution in [0, 0.1) is 0 Å². The predicted molar refractivity (Wildman–Crippen MR) is 84.2 cm³/mol. The number of carbonyl (C=O) groups is 1.